The third-order valence-electron chi connectivity index (χ3n) is 5.56. The predicted molar refractivity (Wildman–Crippen MR) is 128 cm³/mol. The average Bonchev–Trinajstić information content (AvgIpc) is 2.82. The molecule has 0 saturated carbocycles. The highest BCUT2D eigenvalue weighted by molar-refractivity contribution is 6.31. The summed E-state index contributed by atoms with van der Waals surface area (Å²) in [5.74, 6) is 0.456. The molecular formula is C25H23ClN4O2. The molecule has 1 N–H and O–H groups in total. The fourth-order valence-corrected chi connectivity index (χ4v) is 4.07. The summed E-state index contributed by atoms with van der Waals surface area (Å²) in [6.07, 6.45) is 0. The second kappa shape index (κ2) is 9.12. The van der Waals surface area contributed by atoms with Crippen LogP contribution in [0.15, 0.2) is 77.6 Å². The molecule has 162 valence electrons. The van der Waals surface area contributed by atoms with Gasteiger partial charge in [-0.2, -0.15) is 0 Å². The maximum atomic E-state index is 13.4. The van der Waals surface area contributed by atoms with Gasteiger partial charge >= 0.3 is 0 Å². The van der Waals surface area contributed by atoms with Gasteiger partial charge in [0.15, 0.2) is 0 Å². The minimum Gasteiger partial charge on any atom is -0.379 e. The molecular weight excluding hydrogens is 424 g/mol. The van der Waals surface area contributed by atoms with Crippen molar-refractivity contribution in [2.45, 2.75) is 6.54 Å². The lowest BCUT2D eigenvalue weighted by atomic mass is 10.2. The smallest absolute Gasteiger partial charge is 0.267 e. The van der Waals surface area contributed by atoms with Gasteiger partial charge in [0, 0.05) is 30.3 Å². The van der Waals surface area contributed by atoms with Crippen LogP contribution in [0.3, 0.4) is 0 Å². The Labute approximate surface area is 191 Å². The number of para-hydroxylation sites is 1. The summed E-state index contributed by atoms with van der Waals surface area (Å²) in [4.78, 5) is 20.5. The van der Waals surface area contributed by atoms with Gasteiger partial charge in [0.05, 0.1) is 29.8 Å². The summed E-state index contributed by atoms with van der Waals surface area (Å²) >= 11 is 6.14. The SMILES string of the molecule is O=c1c2cc(Cl)ccc2nc(Nc2ccc(CN3CCOCC3)cc2)n1-c1ccccc1. The van der Waals surface area contributed by atoms with Crippen molar-refractivity contribution in [3.63, 3.8) is 0 Å². The highest BCUT2D eigenvalue weighted by atomic mass is 35.5. The first kappa shape index (κ1) is 20.7. The first-order valence-corrected chi connectivity index (χ1v) is 11.0. The van der Waals surface area contributed by atoms with Gasteiger partial charge in [0.25, 0.3) is 5.56 Å². The van der Waals surface area contributed by atoms with Crippen molar-refractivity contribution in [2.24, 2.45) is 0 Å². The summed E-state index contributed by atoms with van der Waals surface area (Å²) in [5.41, 5.74) is 3.26. The van der Waals surface area contributed by atoms with E-state index in [0.29, 0.717) is 21.9 Å². The van der Waals surface area contributed by atoms with Crippen LogP contribution in [0.1, 0.15) is 5.56 Å². The zero-order valence-electron chi connectivity index (χ0n) is 17.5. The van der Waals surface area contributed by atoms with Gasteiger partial charge in [0.1, 0.15) is 0 Å². The molecule has 0 amide bonds. The number of anilines is 2. The van der Waals surface area contributed by atoms with Crippen LogP contribution in [0, 0.1) is 0 Å². The van der Waals surface area contributed by atoms with Crippen molar-refractivity contribution < 1.29 is 4.74 Å². The second-order valence-electron chi connectivity index (χ2n) is 7.78. The fraction of sp³-hybridized carbons (Fsp3) is 0.200. The summed E-state index contributed by atoms with van der Waals surface area (Å²) in [5, 5.41) is 4.32. The third kappa shape index (κ3) is 4.39. The molecule has 5 rings (SSSR count). The molecule has 1 fully saturated rings. The minimum absolute atomic E-state index is 0.171. The molecule has 0 spiro atoms. The second-order valence-corrected chi connectivity index (χ2v) is 8.22. The molecule has 1 aliphatic heterocycles. The molecule has 1 aromatic heterocycles. The van der Waals surface area contributed by atoms with E-state index in [1.807, 2.05) is 42.5 Å². The molecule has 0 radical (unpaired) electrons. The molecule has 0 aliphatic carbocycles. The van der Waals surface area contributed by atoms with Gasteiger partial charge in [0.2, 0.25) is 5.95 Å². The van der Waals surface area contributed by atoms with E-state index < -0.39 is 0 Å². The summed E-state index contributed by atoms with van der Waals surface area (Å²) in [6, 6.07) is 22.9. The van der Waals surface area contributed by atoms with E-state index in [9.17, 15) is 4.79 Å². The van der Waals surface area contributed by atoms with Crippen LogP contribution in [0.4, 0.5) is 11.6 Å². The van der Waals surface area contributed by atoms with Gasteiger partial charge in [-0.1, -0.05) is 41.9 Å². The van der Waals surface area contributed by atoms with Crippen molar-refractivity contribution in [1.29, 1.82) is 0 Å². The number of hydrogen-bond donors (Lipinski definition) is 1. The molecule has 0 atom stereocenters. The van der Waals surface area contributed by atoms with Gasteiger partial charge in [-0.3, -0.25) is 9.69 Å². The monoisotopic (exact) mass is 446 g/mol. The van der Waals surface area contributed by atoms with Crippen LogP contribution in [-0.4, -0.2) is 40.8 Å². The Morgan fingerprint density at radius 2 is 1.72 bits per heavy atom. The normalized spacial score (nSPS) is 14.5. The van der Waals surface area contributed by atoms with Crippen LogP contribution in [-0.2, 0) is 11.3 Å². The van der Waals surface area contributed by atoms with Crippen molar-refractivity contribution in [3.8, 4) is 5.69 Å². The number of morpholine rings is 1. The standard InChI is InChI=1S/C25H23ClN4O2/c26-19-8-11-23-22(16-19)24(31)30(21-4-2-1-3-5-21)25(28-23)27-20-9-6-18(7-10-20)17-29-12-14-32-15-13-29/h1-11,16H,12-15,17H2,(H,27,28). The van der Waals surface area contributed by atoms with Crippen molar-refractivity contribution in [3.05, 3.63) is 93.7 Å². The summed E-state index contributed by atoms with van der Waals surface area (Å²) in [7, 11) is 0. The molecule has 0 bridgehead atoms. The van der Waals surface area contributed by atoms with E-state index in [1.165, 1.54) is 5.56 Å². The predicted octanol–water partition coefficient (Wildman–Crippen LogP) is 4.61. The lowest BCUT2D eigenvalue weighted by molar-refractivity contribution is 0.0342. The molecule has 32 heavy (non-hydrogen) atoms. The van der Waals surface area contributed by atoms with E-state index in [4.69, 9.17) is 21.3 Å². The largest absolute Gasteiger partial charge is 0.379 e. The van der Waals surface area contributed by atoms with E-state index in [2.05, 4.69) is 22.3 Å². The van der Waals surface area contributed by atoms with E-state index in [-0.39, 0.29) is 5.56 Å². The number of halogens is 1. The maximum absolute atomic E-state index is 13.4. The van der Waals surface area contributed by atoms with Gasteiger partial charge in [-0.25, -0.2) is 9.55 Å². The number of hydrogen-bond acceptors (Lipinski definition) is 5. The summed E-state index contributed by atoms with van der Waals surface area (Å²) < 4.78 is 7.01. The average molecular weight is 447 g/mol. The minimum atomic E-state index is -0.171. The van der Waals surface area contributed by atoms with E-state index in [0.717, 1.165) is 44.2 Å². The first-order chi connectivity index (χ1) is 15.7. The Hall–Kier alpha value is -3.19. The molecule has 3 aromatic carbocycles. The third-order valence-corrected chi connectivity index (χ3v) is 5.80. The molecule has 7 heteroatoms. The van der Waals surface area contributed by atoms with Gasteiger partial charge in [-0.05, 0) is 48.0 Å². The quantitative estimate of drug-likeness (QED) is 0.485. The van der Waals surface area contributed by atoms with Crippen molar-refractivity contribution in [1.82, 2.24) is 14.5 Å². The highest BCUT2D eigenvalue weighted by Gasteiger charge is 2.14. The zero-order chi connectivity index (χ0) is 21.9. The topological polar surface area (TPSA) is 59.4 Å². The Morgan fingerprint density at radius 3 is 2.47 bits per heavy atom. The van der Waals surface area contributed by atoms with Crippen LogP contribution >= 0.6 is 11.6 Å². The molecule has 1 aliphatic rings. The Bertz CT molecular complexity index is 1280. The van der Waals surface area contributed by atoms with Crippen molar-refractivity contribution in [2.75, 3.05) is 31.6 Å². The Balaban J connectivity index is 1.49. The van der Waals surface area contributed by atoms with Crippen molar-refractivity contribution >= 4 is 34.1 Å². The number of ether oxygens (including phenoxy) is 1. The number of rotatable bonds is 5. The van der Waals surface area contributed by atoms with E-state index in [1.54, 1.807) is 22.8 Å². The highest BCUT2D eigenvalue weighted by Crippen LogP contribution is 2.22. The number of nitrogens with zero attached hydrogens (tertiary/aromatic N) is 3. The number of benzene rings is 3. The van der Waals surface area contributed by atoms with Gasteiger partial charge < -0.3 is 10.1 Å². The Kier molecular flexibility index (Phi) is 5.90. The molecule has 0 unspecified atom stereocenters. The van der Waals surface area contributed by atoms with Crippen LogP contribution < -0.4 is 10.9 Å². The summed E-state index contributed by atoms with van der Waals surface area (Å²) in [6.45, 7) is 4.38. The van der Waals surface area contributed by atoms with Crippen LogP contribution in [0.25, 0.3) is 16.6 Å². The molecule has 1 saturated heterocycles. The fourth-order valence-electron chi connectivity index (χ4n) is 3.90. The number of nitrogens with one attached hydrogen (secondary N) is 1. The maximum Gasteiger partial charge on any atom is 0.267 e. The van der Waals surface area contributed by atoms with Crippen LogP contribution in [0.2, 0.25) is 5.02 Å². The number of aromatic nitrogens is 2. The lowest BCUT2D eigenvalue weighted by Crippen LogP contribution is -2.35. The molecule has 6 nitrogen and oxygen atoms in total. The van der Waals surface area contributed by atoms with E-state index >= 15 is 0 Å². The number of fused-ring (bicyclic) bond motifs is 1. The zero-order valence-corrected chi connectivity index (χ0v) is 18.3. The van der Waals surface area contributed by atoms with Crippen LogP contribution in [0.5, 0.6) is 0 Å². The lowest BCUT2D eigenvalue weighted by Gasteiger charge is -2.26. The molecule has 4 aromatic rings. The van der Waals surface area contributed by atoms with Gasteiger partial charge in [-0.15, -0.1) is 0 Å². The Morgan fingerprint density at radius 1 is 0.969 bits per heavy atom. The first-order valence-electron chi connectivity index (χ1n) is 10.6. The molecule has 2 heterocycles.